The highest BCUT2D eigenvalue weighted by Gasteiger charge is 2.13. The van der Waals surface area contributed by atoms with Crippen molar-refractivity contribution >= 4 is 15.9 Å². The van der Waals surface area contributed by atoms with E-state index >= 15 is 0 Å². The molecule has 0 aliphatic heterocycles. The molecular formula is C15H19BrN2O3. The van der Waals surface area contributed by atoms with E-state index in [9.17, 15) is 0 Å². The third-order valence-electron chi connectivity index (χ3n) is 2.84. The summed E-state index contributed by atoms with van der Waals surface area (Å²) in [5.74, 6) is 2.03. The van der Waals surface area contributed by atoms with Crippen LogP contribution in [0.2, 0.25) is 0 Å². The second-order valence-corrected chi connectivity index (χ2v) is 5.45. The lowest BCUT2D eigenvalue weighted by molar-refractivity contribution is 0.231. The third kappa shape index (κ3) is 4.22. The summed E-state index contributed by atoms with van der Waals surface area (Å²) in [5.41, 5.74) is 7.54. The molecule has 0 unspecified atom stereocenters. The van der Waals surface area contributed by atoms with Crippen molar-refractivity contribution < 1.29 is 14.0 Å². The number of rotatable bonds is 7. The van der Waals surface area contributed by atoms with Crippen molar-refractivity contribution in [3.63, 3.8) is 0 Å². The minimum absolute atomic E-state index is 0.301. The van der Waals surface area contributed by atoms with E-state index in [0.717, 1.165) is 22.2 Å². The predicted molar refractivity (Wildman–Crippen MR) is 83.6 cm³/mol. The van der Waals surface area contributed by atoms with E-state index in [2.05, 4.69) is 21.1 Å². The second kappa shape index (κ2) is 7.47. The molecule has 2 rings (SSSR count). The van der Waals surface area contributed by atoms with Crippen LogP contribution in [0.25, 0.3) is 0 Å². The molecule has 0 aliphatic carbocycles. The first kappa shape index (κ1) is 15.9. The van der Waals surface area contributed by atoms with E-state index in [1.54, 1.807) is 0 Å². The van der Waals surface area contributed by atoms with Crippen LogP contribution in [0, 0.1) is 6.92 Å². The molecule has 0 bridgehead atoms. The number of benzene rings is 1. The lowest BCUT2D eigenvalue weighted by Gasteiger charge is -2.14. The van der Waals surface area contributed by atoms with Gasteiger partial charge in [0.1, 0.15) is 6.61 Å². The summed E-state index contributed by atoms with van der Waals surface area (Å²) in [7, 11) is 0. The Labute approximate surface area is 132 Å². The molecule has 0 atom stereocenters. The molecule has 1 heterocycles. The molecular weight excluding hydrogens is 336 g/mol. The van der Waals surface area contributed by atoms with Crippen LogP contribution in [0.4, 0.5) is 0 Å². The number of halogens is 1. The Hall–Kier alpha value is -1.53. The monoisotopic (exact) mass is 354 g/mol. The highest BCUT2D eigenvalue weighted by atomic mass is 79.9. The molecule has 0 amide bonds. The highest BCUT2D eigenvalue weighted by Crippen LogP contribution is 2.37. The van der Waals surface area contributed by atoms with E-state index < -0.39 is 0 Å². The van der Waals surface area contributed by atoms with Crippen molar-refractivity contribution in [2.24, 2.45) is 5.73 Å². The van der Waals surface area contributed by atoms with Gasteiger partial charge in [0.2, 0.25) is 0 Å². The van der Waals surface area contributed by atoms with Gasteiger partial charge in [-0.05, 0) is 60.4 Å². The van der Waals surface area contributed by atoms with Crippen molar-refractivity contribution in [3.05, 3.63) is 39.7 Å². The maximum Gasteiger partial charge on any atom is 0.176 e. The zero-order valence-electron chi connectivity index (χ0n) is 12.2. The Morgan fingerprint density at radius 1 is 1.29 bits per heavy atom. The molecule has 0 saturated carbocycles. The van der Waals surface area contributed by atoms with Gasteiger partial charge >= 0.3 is 0 Å². The minimum Gasteiger partial charge on any atom is -0.490 e. The van der Waals surface area contributed by atoms with Crippen LogP contribution >= 0.6 is 15.9 Å². The zero-order chi connectivity index (χ0) is 15.2. The summed E-state index contributed by atoms with van der Waals surface area (Å²) < 4.78 is 17.5. The first-order chi connectivity index (χ1) is 10.1. The Morgan fingerprint density at radius 3 is 2.71 bits per heavy atom. The molecule has 0 spiro atoms. The molecule has 5 nitrogen and oxygen atoms in total. The Morgan fingerprint density at radius 2 is 2.10 bits per heavy atom. The fraction of sp³-hybridized carbons (Fsp3) is 0.400. The molecule has 21 heavy (non-hydrogen) atoms. The van der Waals surface area contributed by atoms with E-state index in [0.29, 0.717) is 37.0 Å². The van der Waals surface area contributed by atoms with Gasteiger partial charge in [0, 0.05) is 6.07 Å². The second-order valence-electron chi connectivity index (χ2n) is 4.60. The van der Waals surface area contributed by atoms with Crippen LogP contribution in [-0.2, 0) is 13.0 Å². The smallest absolute Gasteiger partial charge is 0.176 e. The predicted octanol–water partition coefficient (Wildman–Crippen LogP) is 3.22. The van der Waals surface area contributed by atoms with Gasteiger partial charge in [-0.2, -0.15) is 0 Å². The Bertz CT molecular complexity index is 599. The zero-order valence-corrected chi connectivity index (χ0v) is 13.8. The van der Waals surface area contributed by atoms with Gasteiger partial charge in [-0.1, -0.05) is 5.16 Å². The largest absolute Gasteiger partial charge is 0.490 e. The van der Waals surface area contributed by atoms with Gasteiger partial charge in [0.25, 0.3) is 0 Å². The Kier molecular flexibility index (Phi) is 5.64. The number of hydrogen-bond donors (Lipinski definition) is 1. The molecule has 0 radical (unpaired) electrons. The first-order valence-electron chi connectivity index (χ1n) is 6.84. The van der Waals surface area contributed by atoms with Crippen LogP contribution in [0.3, 0.4) is 0 Å². The normalized spacial score (nSPS) is 10.7. The van der Waals surface area contributed by atoms with Crippen molar-refractivity contribution in [3.8, 4) is 11.5 Å². The fourth-order valence-corrected chi connectivity index (χ4v) is 2.57. The molecule has 0 fully saturated rings. The van der Waals surface area contributed by atoms with Crippen molar-refractivity contribution in [2.75, 3.05) is 13.2 Å². The van der Waals surface area contributed by atoms with E-state index in [1.807, 2.05) is 32.0 Å². The molecule has 0 saturated heterocycles. The topological polar surface area (TPSA) is 70.5 Å². The van der Waals surface area contributed by atoms with Crippen molar-refractivity contribution in [1.29, 1.82) is 0 Å². The summed E-state index contributed by atoms with van der Waals surface area (Å²) in [5, 5.41) is 3.84. The highest BCUT2D eigenvalue weighted by molar-refractivity contribution is 9.10. The van der Waals surface area contributed by atoms with Gasteiger partial charge in [-0.3, -0.25) is 0 Å². The third-order valence-corrected chi connectivity index (χ3v) is 3.43. The number of aryl methyl sites for hydroxylation is 1. The standard InChI is InChI=1S/C15H19BrN2O3/c1-3-19-14-8-11(4-5-17)7-13(16)15(14)20-9-12-6-10(2)18-21-12/h6-8H,3-5,9,17H2,1-2H3. The van der Waals surface area contributed by atoms with Gasteiger partial charge in [0.15, 0.2) is 17.3 Å². The van der Waals surface area contributed by atoms with Crippen molar-refractivity contribution in [1.82, 2.24) is 5.16 Å². The molecule has 1 aromatic heterocycles. The molecule has 1 aromatic carbocycles. The summed E-state index contributed by atoms with van der Waals surface area (Å²) in [6, 6.07) is 5.80. The molecule has 6 heteroatoms. The number of hydrogen-bond acceptors (Lipinski definition) is 5. The van der Waals surface area contributed by atoms with Gasteiger partial charge < -0.3 is 19.7 Å². The van der Waals surface area contributed by atoms with Crippen LogP contribution in [0.5, 0.6) is 11.5 Å². The lowest BCUT2D eigenvalue weighted by atomic mass is 10.1. The van der Waals surface area contributed by atoms with E-state index in [1.165, 1.54) is 0 Å². The van der Waals surface area contributed by atoms with Crippen LogP contribution in [-0.4, -0.2) is 18.3 Å². The molecule has 0 aliphatic rings. The first-order valence-corrected chi connectivity index (χ1v) is 7.63. The molecule has 2 aromatic rings. The van der Waals surface area contributed by atoms with Crippen LogP contribution in [0.1, 0.15) is 23.9 Å². The number of aromatic nitrogens is 1. The van der Waals surface area contributed by atoms with Gasteiger partial charge in [-0.15, -0.1) is 0 Å². The molecule has 2 N–H and O–H groups in total. The molecule has 114 valence electrons. The Balaban J connectivity index is 2.19. The van der Waals surface area contributed by atoms with Gasteiger partial charge in [0.05, 0.1) is 16.8 Å². The quantitative estimate of drug-likeness (QED) is 0.826. The van der Waals surface area contributed by atoms with Gasteiger partial charge in [-0.25, -0.2) is 0 Å². The average molecular weight is 355 g/mol. The average Bonchev–Trinajstić information content (AvgIpc) is 2.84. The number of nitrogens with two attached hydrogens (primary N) is 1. The summed E-state index contributed by atoms with van der Waals surface area (Å²) in [4.78, 5) is 0. The van der Waals surface area contributed by atoms with Crippen LogP contribution < -0.4 is 15.2 Å². The van der Waals surface area contributed by atoms with Crippen molar-refractivity contribution in [2.45, 2.75) is 26.9 Å². The maximum atomic E-state index is 5.82. The van der Waals surface area contributed by atoms with Crippen LogP contribution in [0.15, 0.2) is 27.2 Å². The minimum atomic E-state index is 0.301. The fourth-order valence-electron chi connectivity index (χ4n) is 1.96. The maximum absolute atomic E-state index is 5.82. The summed E-state index contributed by atoms with van der Waals surface area (Å²) in [6.45, 7) is 5.27. The number of ether oxygens (including phenoxy) is 2. The summed E-state index contributed by atoms with van der Waals surface area (Å²) >= 11 is 3.52. The van der Waals surface area contributed by atoms with E-state index in [-0.39, 0.29) is 0 Å². The number of nitrogens with zero attached hydrogens (tertiary/aromatic N) is 1. The van der Waals surface area contributed by atoms with E-state index in [4.69, 9.17) is 19.7 Å². The lowest BCUT2D eigenvalue weighted by Crippen LogP contribution is -2.05. The SMILES string of the molecule is CCOc1cc(CCN)cc(Br)c1OCc1cc(C)no1. The summed E-state index contributed by atoms with van der Waals surface area (Å²) in [6.07, 6.45) is 0.792.